The number of pyridine rings is 1. The van der Waals surface area contributed by atoms with Gasteiger partial charge >= 0.3 is 0 Å². The average molecular weight is 309 g/mol. The third kappa shape index (κ3) is 2.71. The molecule has 1 amide bonds. The predicted molar refractivity (Wildman–Crippen MR) is 87.0 cm³/mol. The number of carbonyl (C=O) groups is 1. The van der Waals surface area contributed by atoms with Gasteiger partial charge in [-0.05, 0) is 38.3 Å². The van der Waals surface area contributed by atoms with Crippen LogP contribution in [0.3, 0.4) is 0 Å². The number of hydrogen-bond acceptors (Lipinski definition) is 4. The minimum atomic E-state index is -0.115. The molecule has 4 heterocycles. The van der Waals surface area contributed by atoms with E-state index in [4.69, 9.17) is 4.42 Å². The van der Waals surface area contributed by atoms with Crippen molar-refractivity contribution in [3.05, 3.63) is 29.8 Å². The molecular weight excluding hydrogens is 290 g/mol. The van der Waals surface area contributed by atoms with E-state index in [1.165, 1.54) is 13.0 Å². The predicted octanol–water partition coefficient (Wildman–Crippen LogP) is 2.02. The molecule has 23 heavy (non-hydrogen) atoms. The summed E-state index contributed by atoms with van der Waals surface area (Å²) in [5, 5.41) is 3.97. The van der Waals surface area contributed by atoms with Gasteiger partial charge in [0.1, 0.15) is 12.0 Å². The highest BCUT2D eigenvalue weighted by Gasteiger charge is 2.33. The summed E-state index contributed by atoms with van der Waals surface area (Å²) in [6, 6.07) is 1.99. The van der Waals surface area contributed by atoms with Crippen LogP contribution in [0.4, 0.5) is 0 Å². The fraction of sp³-hybridized carbons (Fsp3) is 0.444. The molecule has 1 unspecified atom stereocenters. The largest absolute Gasteiger partial charge is 0.461 e. The van der Waals surface area contributed by atoms with E-state index in [2.05, 4.69) is 27.0 Å². The first-order valence-electron chi connectivity index (χ1n) is 8.06. The molecule has 2 aromatic rings. The summed E-state index contributed by atoms with van der Waals surface area (Å²) in [6.45, 7) is 5.07. The zero-order valence-electron chi connectivity index (χ0n) is 13.1. The van der Waals surface area contributed by atoms with Gasteiger partial charge in [0.2, 0.25) is 0 Å². The van der Waals surface area contributed by atoms with Gasteiger partial charge in [-0.25, -0.2) is 4.98 Å². The maximum atomic E-state index is 12.5. The summed E-state index contributed by atoms with van der Waals surface area (Å²) in [5.41, 5.74) is 1.87. The summed E-state index contributed by atoms with van der Waals surface area (Å²) in [7, 11) is 0. The molecule has 1 N–H and O–H groups in total. The Kier molecular flexibility index (Phi) is 3.55. The van der Waals surface area contributed by atoms with E-state index in [0.29, 0.717) is 11.3 Å². The Hall–Kier alpha value is -2.32. The van der Waals surface area contributed by atoms with Gasteiger partial charge in [0, 0.05) is 24.5 Å². The highest BCUT2D eigenvalue weighted by Crippen LogP contribution is 2.27. The van der Waals surface area contributed by atoms with Gasteiger partial charge in [-0.3, -0.25) is 4.79 Å². The van der Waals surface area contributed by atoms with Crippen molar-refractivity contribution in [2.45, 2.75) is 25.8 Å². The first-order valence-corrected chi connectivity index (χ1v) is 8.06. The number of nitrogens with zero attached hydrogens (tertiary/aromatic N) is 2. The fourth-order valence-electron chi connectivity index (χ4n) is 3.71. The van der Waals surface area contributed by atoms with Crippen LogP contribution in [0.2, 0.25) is 0 Å². The molecule has 0 aromatic carbocycles. The van der Waals surface area contributed by atoms with Crippen LogP contribution in [0.1, 0.15) is 35.8 Å². The number of furan rings is 1. The van der Waals surface area contributed by atoms with Gasteiger partial charge in [0.25, 0.3) is 5.91 Å². The van der Waals surface area contributed by atoms with Gasteiger partial charge in [-0.2, -0.15) is 0 Å². The quantitative estimate of drug-likeness (QED) is 0.862. The standard InChI is InChI=1S/C18H19N3O2/c1-2-3-13-11-23-17-8-19-16(7-15(13)17)18(22)20-14-6-12-4-5-21(9-12)10-14/h7-8,11-12,14H,4-6,9-10H2,1H3,(H,20,22)/t12-,14-/m1/s1. The van der Waals surface area contributed by atoms with Gasteiger partial charge in [-0.1, -0.05) is 5.92 Å². The second kappa shape index (κ2) is 5.71. The van der Waals surface area contributed by atoms with Crippen LogP contribution in [0.15, 0.2) is 22.9 Å². The number of piperidine rings is 1. The molecule has 2 saturated heterocycles. The van der Waals surface area contributed by atoms with E-state index < -0.39 is 0 Å². The molecule has 3 atom stereocenters. The van der Waals surface area contributed by atoms with E-state index in [9.17, 15) is 4.79 Å². The van der Waals surface area contributed by atoms with Gasteiger partial charge in [0.05, 0.1) is 11.8 Å². The van der Waals surface area contributed by atoms with Crippen LogP contribution in [0.5, 0.6) is 0 Å². The molecule has 2 aromatic heterocycles. The molecule has 4 rings (SSSR count). The van der Waals surface area contributed by atoms with E-state index in [-0.39, 0.29) is 11.9 Å². The van der Waals surface area contributed by atoms with Crippen molar-refractivity contribution in [1.82, 2.24) is 15.2 Å². The van der Waals surface area contributed by atoms with Crippen molar-refractivity contribution in [2.75, 3.05) is 19.6 Å². The Morgan fingerprint density at radius 2 is 2.39 bits per heavy atom. The Balaban J connectivity index is 1.54. The second-order valence-corrected chi connectivity index (χ2v) is 6.41. The van der Waals surface area contributed by atoms with E-state index >= 15 is 0 Å². The minimum Gasteiger partial charge on any atom is -0.461 e. The van der Waals surface area contributed by atoms with Gasteiger partial charge < -0.3 is 14.6 Å². The normalized spacial score (nSPS) is 25.9. The molecule has 5 nitrogen and oxygen atoms in total. The number of hydrogen-bond donors (Lipinski definition) is 1. The highest BCUT2D eigenvalue weighted by molar-refractivity contribution is 5.96. The minimum absolute atomic E-state index is 0.115. The average Bonchev–Trinajstić information content (AvgIpc) is 3.10. The van der Waals surface area contributed by atoms with Crippen molar-refractivity contribution >= 4 is 16.9 Å². The first kappa shape index (κ1) is 14.3. The molecule has 2 aliphatic heterocycles. The number of rotatable bonds is 2. The third-order valence-electron chi connectivity index (χ3n) is 4.76. The highest BCUT2D eigenvalue weighted by atomic mass is 16.3. The zero-order valence-corrected chi connectivity index (χ0v) is 13.1. The summed E-state index contributed by atoms with van der Waals surface area (Å²) in [4.78, 5) is 19.2. The van der Waals surface area contributed by atoms with Gasteiger partial charge in [0.15, 0.2) is 5.58 Å². The molecule has 0 saturated carbocycles. The maximum absolute atomic E-state index is 12.5. The Morgan fingerprint density at radius 1 is 1.48 bits per heavy atom. The Morgan fingerprint density at radius 3 is 3.22 bits per heavy atom. The summed E-state index contributed by atoms with van der Waals surface area (Å²) < 4.78 is 5.42. The number of aromatic nitrogens is 1. The summed E-state index contributed by atoms with van der Waals surface area (Å²) in [6.07, 6.45) is 5.53. The van der Waals surface area contributed by atoms with Crippen molar-refractivity contribution < 1.29 is 9.21 Å². The fourth-order valence-corrected chi connectivity index (χ4v) is 3.71. The third-order valence-corrected chi connectivity index (χ3v) is 4.76. The zero-order chi connectivity index (χ0) is 15.8. The molecule has 2 bridgehead atoms. The molecule has 0 radical (unpaired) electrons. The number of nitrogens with one attached hydrogen (secondary N) is 1. The van der Waals surface area contributed by atoms with Crippen LogP contribution in [-0.4, -0.2) is 41.5 Å². The topological polar surface area (TPSA) is 58.4 Å². The van der Waals surface area contributed by atoms with Crippen LogP contribution in [0, 0.1) is 17.8 Å². The summed E-state index contributed by atoms with van der Waals surface area (Å²) in [5.74, 6) is 6.46. The van der Waals surface area contributed by atoms with Crippen molar-refractivity contribution in [3.63, 3.8) is 0 Å². The van der Waals surface area contributed by atoms with Crippen LogP contribution in [0.25, 0.3) is 11.0 Å². The lowest BCUT2D eigenvalue weighted by molar-refractivity contribution is 0.0904. The van der Waals surface area contributed by atoms with E-state index in [1.54, 1.807) is 25.5 Å². The molecule has 0 aliphatic carbocycles. The Bertz CT molecular complexity index is 803. The van der Waals surface area contributed by atoms with E-state index in [0.717, 1.165) is 36.4 Å². The number of amides is 1. The molecular formula is C18H19N3O2. The molecule has 2 aliphatic rings. The molecule has 118 valence electrons. The second-order valence-electron chi connectivity index (χ2n) is 6.41. The number of fused-ring (bicyclic) bond motifs is 3. The number of carbonyl (C=O) groups excluding carboxylic acids is 1. The van der Waals surface area contributed by atoms with E-state index in [1.807, 2.05) is 0 Å². The van der Waals surface area contributed by atoms with Gasteiger partial charge in [-0.15, -0.1) is 5.92 Å². The monoisotopic (exact) mass is 309 g/mol. The van der Waals surface area contributed by atoms with Crippen molar-refractivity contribution in [3.8, 4) is 11.8 Å². The smallest absolute Gasteiger partial charge is 0.270 e. The lowest BCUT2D eigenvalue weighted by atomic mass is 9.97. The van der Waals surface area contributed by atoms with Crippen LogP contribution >= 0.6 is 0 Å². The van der Waals surface area contributed by atoms with Crippen molar-refractivity contribution in [2.24, 2.45) is 5.92 Å². The van der Waals surface area contributed by atoms with Crippen LogP contribution < -0.4 is 5.32 Å². The maximum Gasteiger partial charge on any atom is 0.270 e. The molecule has 0 spiro atoms. The van der Waals surface area contributed by atoms with Crippen LogP contribution in [-0.2, 0) is 0 Å². The first-order chi connectivity index (χ1) is 11.2. The lowest BCUT2D eigenvalue weighted by Gasteiger charge is -2.30. The SMILES string of the molecule is CC#Cc1coc2cnc(C(=O)N[C@@H]3C[C@H]4CCN(C4)C3)cc12. The van der Waals surface area contributed by atoms with Crippen molar-refractivity contribution in [1.29, 1.82) is 0 Å². The Labute approximate surface area is 135 Å². The lowest BCUT2D eigenvalue weighted by Crippen LogP contribution is -2.47. The molecule has 2 fully saturated rings. The molecule has 5 heteroatoms. The summed E-state index contributed by atoms with van der Waals surface area (Å²) >= 11 is 0.